The molecule has 4 atom stereocenters. The van der Waals surface area contributed by atoms with Crippen LogP contribution in [0.25, 0.3) is 11.2 Å². The highest BCUT2D eigenvalue weighted by molar-refractivity contribution is 6.74. The van der Waals surface area contributed by atoms with Gasteiger partial charge in [0.1, 0.15) is 18.3 Å². The molecular formula is C24H44N6O6Si2. The normalized spacial score (nSPS) is 23.2. The van der Waals surface area contributed by atoms with E-state index in [2.05, 4.69) is 88.0 Å². The van der Waals surface area contributed by atoms with Gasteiger partial charge in [0, 0.05) is 7.11 Å². The number of hydrogen-bond acceptors (Lipinski definition) is 8. The Morgan fingerprint density at radius 3 is 2.26 bits per heavy atom. The molecule has 12 nitrogen and oxygen atoms in total. The number of imidazole rings is 1. The average Bonchev–Trinajstić information content (AvgIpc) is 3.31. The lowest BCUT2D eigenvalue weighted by Gasteiger charge is -2.41. The summed E-state index contributed by atoms with van der Waals surface area (Å²) in [6, 6.07) is -0.851. The Morgan fingerprint density at radius 1 is 1.13 bits per heavy atom. The number of anilines is 1. The van der Waals surface area contributed by atoms with Crippen LogP contribution in [0.1, 0.15) is 47.8 Å². The highest BCUT2D eigenvalue weighted by Crippen LogP contribution is 2.43. The van der Waals surface area contributed by atoms with Crippen molar-refractivity contribution in [3.8, 4) is 0 Å². The fourth-order valence-corrected chi connectivity index (χ4v) is 6.11. The number of H-pyrrole nitrogens is 1. The summed E-state index contributed by atoms with van der Waals surface area (Å²) in [5.41, 5.74) is 5.03. The van der Waals surface area contributed by atoms with Crippen LogP contribution in [-0.4, -0.2) is 74.2 Å². The summed E-state index contributed by atoms with van der Waals surface area (Å²) >= 11 is 0. The van der Waals surface area contributed by atoms with E-state index in [1.165, 1.54) is 6.33 Å². The number of carbonyl (C=O) groups is 1. The van der Waals surface area contributed by atoms with Gasteiger partial charge in [-0.3, -0.25) is 19.7 Å². The van der Waals surface area contributed by atoms with Crippen molar-refractivity contribution in [2.45, 2.75) is 102 Å². The van der Waals surface area contributed by atoms with E-state index in [9.17, 15) is 9.59 Å². The summed E-state index contributed by atoms with van der Waals surface area (Å²) in [5, 5.41) is 2.29. The first-order valence-electron chi connectivity index (χ1n) is 12.8. The summed E-state index contributed by atoms with van der Waals surface area (Å²) in [5.74, 6) is -0.0874. The van der Waals surface area contributed by atoms with Gasteiger partial charge in [0.25, 0.3) is 5.56 Å². The number of urea groups is 1. The minimum Gasteiger partial charge on any atom is -0.414 e. The Morgan fingerprint density at radius 2 is 1.74 bits per heavy atom. The van der Waals surface area contributed by atoms with Gasteiger partial charge in [-0.05, 0) is 36.3 Å². The largest absolute Gasteiger partial charge is 0.414 e. The number of rotatable bonds is 8. The van der Waals surface area contributed by atoms with Gasteiger partial charge in [0.15, 0.2) is 34.0 Å². The van der Waals surface area contributed by atoms with Crippen molar-refractivity contribution in [3.63, 3.8) is 0 Å². The first-order chi connectivity index (χ1) is 17.3. The molecule has 3 rings (SSSR count). The SMILES string of the molecule is CO[C@@H]1[C@H](O[Si](C)(C)C(C)(C)C)[C@@H](CO[Si](C)(C)C(C)(C)C)O[C@H]1n1cnc2c(=O)[nH]c(NC(N)=O)nc21. The van der Waals surface area contributed by atoms with Crippen LogP contribution < -0.4 is 16.6 Å². The molecule has 214 valence electrons. The second-order valence-corrected chi connectivity index (χ2v) is 22.5. The molecule has 2 aromatic heterocycles. The zero-order valence-corrected chi connectivity index (χ0v) is 26.5. The van der Waals surface area contributed by atoms with Gasteiger partial charge < -0.3 is 24.1 Å². The summed E-state index contributed by atoms with van der Waals surface area (Å²) in [4.78, 5) is 35.1. The predicted octanol–water partition coefficient (Wildman–Crippen LogP) is 3.93. The fraction of sp³-hybridized carbons (Fsp3) is 0.750. The van der Waals surface area contributed by atoms with Crippen LogP contribution in [0.3, 0.4) is 0 Å². The number of nitrogens with one attached hydrogen (secondary N) is 2. The molecular weight excluding hydrogens is 524 g/mol. The second kappa shape index (κ2) is 10.5. The zero-order chi connectivity index (χ0) is 28.8. The van der Waals surface area contributed by atoms with Crippen LogP contribution in [0.15, 0.2) is 11.1 Å². The third-order valence-corrected chi connectivity index (χ3v) is 17.1. The molecule has 14 heteroatoms. The number of nitrogens with zero attached hydrogens (tertiary/aromatic N) is 3. The van der Waals surface area contributed by atoms with Crippen molar-refractivity contribution in [1.82, 2.24) is 19.5 Å². The number of carbonyl (C=O) groups excluding carboxylic acids is 1. The molecule has 0 unspecified atom stereocenters. The monoisotopic (exact) mass is 568 g/mol. The molecule has 0 radical (unpaired) electrons. The number of ether oxygens (including phenoxy) is 2. The molecule has 1 saturated heterocycles. The van der Waals surface area contributed by atoms with Crippen LogP contribution in [-0.2, 0) is 18.3 Å². The van der Waals surface area contributed by atoms with Gasteiger partial charge in [-0.1, -0.05) is 41.5 Å². The van der Waals surface area contributed by atoms with Crippen LogP contribution in [0.5, 0.6) is 0 Å². The third kappa shape index (κ3) is 6.04. The van der Waals surface area contributed by atoms with E-state index in [-0.39, 0.29) is 27.2 Å². The topological polar surface area (TPSA) is 156 Å². The fourth-order valence-electron chi connectivity index (χ4n) is 3.77. The maximum Gasteiger partial charge on any atom is 0.318 e. The number of nitrogens with two attached hydrogens (primary N) is 1. The maximum absolute atomic E-state index is 12.6. The van der Waals surface area contributed by atoms with Gasteiger partial charge in [-0.15, -0.1) is 0 Å². The molecule has 3 heterocycles. The van der Waals surface area contributed by atoms with Crippen molar-refractivity contribution < 1.29 is 23.1 Å². The van der Waals surface area contributed by atoms with E-state index in [1.807, 2.05) is 0 Å². The number of amides is 2. The van der Waals surface area contributed by atoms with Crippen molar-refractivity contribution in [3.05, 3.63) is 16.7 Å². The van der Waals surface area contributed by atoms with Crippen molar-refractivity contribution in [2.75, 3.05) is 19.0 Å². The third-order valence-electron chi connectivity index (χ3n) is 8.16. The van der Waals surface area contributed by atoms with Crippen molar-refractivity contribution in [1.29, 1.82) is 0 Å². The summed E-state index contributed by atoms with van der Waals surface area (Å²) in [7, 11) is -2.72. The first kappa shape index (κ1) is 30.4. The molecule has 0 saturated carbocycles. The molecule has 1 fully saturated rings. The van der Waals surface area contributed by atoms with Gasteiger partial charge in [0.2, 0.25) is 5.95 Å². The van der Waals surface area contributed by atoms with E-state index in [0.717, 1.165) is 0 Å². The van der Waals surface area contributed by atoms with Crippen LogP contribution in [0.2, 0.25) is 36.3 Å². The molecule has 2 amide bonds. The molecule has 0 aromatic carbocycles. The maximum atomic E-state index is 12.6. The molecule has 38 heavy (non-hydrogen) atoms. The molecule has 2 aromatic rings. The zero-order valence-electron chi connectivity index (χ0n) is 24.5. The van der Waals surface area contributed by atoms with Gasteiger partial charge in [-0.2, -0.15) is 4.98 Å². The molecule has 4 N–H and O–H groups in total. The minimum atomic E-state index is -2.25. The van der Waals surface area contributed by atoms with E-state index in [0.29, 0.717) is 6.61 Å². The van der Waals surface area contributed by atoms with E-state index in [4.69, 9.17) is 24.1 Å². The smallest absolute Gasteiger partial charge is 0.318 e. The summed E-state index contributed by atoms with van der Waals surface area (Å²) < 4.78 is 27.7. The number of methoxy groups -OCH3 is 1. The lowest BCUT2D eigenvalue weighted by Crippen LogP contribution is -2.51. The second-order valence-electron chi connectivity index (χ2n) is 12.9. The minimum absolute atomic E-state index is 0.0246. The van der Waals surface area contributed by atoms with Crippen molar-refractivity contribution >= 4 is 39.8 Å². The number of primary amides is 1. The summed E-state index contributed by atoms with van der Waals surface area (Å²) in [6.07, 6.45) is -0.626. The van der Waals surface area contributed by atoms with Crippen LogP contribution in [0.4, 0.5) is 10.7 Å². The quantitative estimate of drug-likeness (QED) is 0.404. The van der Waals surface area contributed by atoms with E-state index >= 15 is 0 Å². The highest BCUT2D eigenvalue weighted by Gasteiger charge is 2.52. The Balaban J connectivity index is 2.05. The Labute approximate surface area is 226 Å². The molecule has 0 bridgehead atoms. The van der Waals surface area contributed by atoms with Gasteiger partial charge >= 0.3 is 6.03 Å². The van der Waals surface area contributed by atoms with Gasteiger partial charge in [0.05, 0.1) is 12.9 Å². The lowest BCUT2D eigenvalue weighted by molar-refractivity contribution is -0.0570. The first-order valence-corrected chi connectivity index (χ1v) is 18.6. The number of aromatic amines is 1. The predicted molar refractivity (Wildman–Crippen MR) is 151 cm³/mol. The van der Waals surface area contributed by atoms with E-state index in [1.54, 1.807) is 11.7 Å². The Hall–Kier alpha value is -2.11. The van der Waals surface area contributed by atoms with Gasteiger partial charge in [-0.25, -0.2) is 9.78 Å². The Kier molecular flexibility index (Phi) is 8.38. The average molecular weight is 569 g/mol. The molecule has 0 aliphatic carbocycles. The van der Waals surface area contributed by atoms with Crippen molar-refractivity contribution in [2.24, 2.45) is 5.73 Å². The Bertz CT molecular complexity index is 1220. The standard InChI is InChI=1S/C24H44N6O6Si2/c1-23(2,3)37(8,9)34-12-14-16(36-38(10,11)24(4,5)6)17(33-7)20(35-14)30-13-26-15-18(30)27-22(28-19(15)31)29-21(25)32/h13-14,16-17,20H,12H2,1-11H3,(H4,25,27,28,29,31,32)/t14-,16-,17-,20-/m1/s1. The summed E-state index contributed by atoms with van der Waals surface area (Å²) in [6.45, 7) is 22.2. The van der Waals surface area contributed by atoms with Crippen LogP contribution in [0, 0.1) is 0 Å². The number of hydrogen-bond donors (Lipinski definition) is 3. The number of fused-ring (bicyclic) bond motifs is 1. The van der Waals surface area contributed by atoms with E-state index < -0.39 is 52.8 Å². The highest BCUT2D eigenvalue weighted by atomic mass is 28.4. The number of aromatic nitrogens is 4. The molecule has 0 spiro atoms. The van der Waals surface area contributed by atoms with Crippen LogP contribution >= 0.6 is 0 Å². The molecule has 1 aliphatic rings. The lowest BCUT2D eigenvalue weighted by atomic mass is 10.1. The molecule has 1 aliphatic heterocycles.